The molecule has 2 amide bonds. The van der Waals surface area contributed by atoms with Gasteiger partial charge in [0.25, 0.3) is 11.8 Å². The predicted octanol–water partition coefficient (Wildman–Crippen LogP) is 4.57. The van der Waals surface area contributed by atoms with Crippen LogP contribution >= 0.6 is 0 Å². The molecule has 0 fully saturated rings. The molecule has 0 saturated carbocycles. The Kier molecular flexibility index (Phi) is 6.82. The number of rotatable bonds is 7. The van der Waals surface area contributed by atoms with E-state index in [0.717, 1.165) is 29.3 Å². The Hall–Kier alpha value is -3.82. The molecule has 2 N–H and O–H groups in total. The summed E-state index contributed by atoms with van der Waals surface area (Å²) in [6.07, 6.45) is 0. The molecule has 0 atom stereocenters. The number of nitrogens with one attached hydrogen (secondary N) is 2. The molecule has 32 heavy (non-hydrogen) atoms. The fourth-order valence-electron chi connectivity index (χ4n) is 3.01. The second kappa shape index (κ2) is 9.54. The summed E-state index contributed by atoms with van der Waals surface area (Å²) in [5.41, 5.74) is 1.63. The van der Waals surface area contributed by atoms with Crippen LogP contribution in [-0.4, -0.2) is 22.0 Å². The lowest BCUT2D eigenvalue weighted by Crippen LogP contribution is -2.16. The van der Waals surface area contributed by atoms with Gasteiger partial charge in [-0.2, -0.15) is 0 Å². The van der Waals surface area contributed by atoms with Gasteiger partial charge in [-0.25, -0.2) is 8.78 Å². The summed E-state index contributed by atoms with van der Waals surface area (Å²) in [4.78, 5) is 23.6. The zero-order chi connectivity index (χ0) is 23.4. The molecule has 0 aliphatic carbocycles. The van der Waals surface area contributed by atoms with Gasteiger partial charge in [-0.05, 0) is 48.2 Å². The molecular formula is C22H22F2N4O4. The topological polar surface area (TPSA) is 106 Å². The summed E-state index contributed by atoms with van der Waals surface area (Å²) >= 11 is 0. The molecule has 0 aliphatic heterocycles. The monoisotopic (exact) mass is 444 g/mol. The van der Waals surface area contributed by atoms with Crippen LogP contribution in [0.25, 0.3) is 0 Å². The molecule has 3 aromatic rings. The van der Waals surface area contributed by atoms with Gasteiger partial charge in [0.15, 0.2) is 6.61 Å². The van der Waals surface area contributed by atoms with E-state index in [4.69, 9.17) is 9.15 Å². The number of halogens is 2. The van der Waals surface area contributed by atoms with Crippen LogP contribution in [0.5, 0.6) is 5.75 Å². The van der Waals surface area contributed by atoms with Gasteiger partial charge >= 0.3 is 6.01 Å². The molecule has 0 bridgehead atoms. The Morgan fingerprint density at radius 2 is 1.81 bits per heavy atom. The second-order valence-corrected chi connectivity index (χ2v) is 7.38. The molecule has 0 aliphatic rings. The number of aryl methyl sites for hydroxylation is 1. The zero-order valence-electron chi connectivity index (χ0n) is 18.0. The van der Waals surface area contributed by atoms with Crippen molar-refractivity contribution >= 4 is 23.5 Å². The molecule has 0 unspecified atom stereocenters. The van der Waals surface area contributed by atoms with Crippen molar-refractivity contribution in [1.82, 2.24) is 10.2 Å². The highest BCUT2D eigenvalue weighted by Gasteiger charge is 2.20. The standard InChI is InChI=1S/C22H22F2N4O4/c1-11(2)14-9-18(12(3)8-17(14)25-13(4)29)31-10-19-27-28-22(32-19)26-21(30)20-15(23)6-5-7-16(20)24/h5-9,11H,10H2,1-4H3,(H,25,29)(H,26,28,30). The van der Waals surface area contributed by atoms with Crippen molar-refractivity contribution in [3.05, 3.63) is 64.5 Å². The van der Waals surface area contributed by atoms with Crippen molar-refractivity contribution in [2.75, 3.05) is 10.6 Å². The molecular weight excluding hydrogens is 422 g/mol. The van der Waals surface area contributed by atoms with E-state index in [1.807, 2.05) is 32.9 Å². The summed E-state index contributed by atoms with van der Waals surface area (Å²) in [6.45, 7) is 7.15. The van der Waals surface area contributed by atoms with Crippen LogP contribution in [0.2, 0.25) is 0 Å². The maximum absolute atomic E-state index is 13.7. The van der Waals surface area contributed by atoms with E-state index in [2.05, 4.69) is 20.8 Å². The summed E-state index contributed by atoms with van der Waals surface area (Å²) in [5.74, 6) is -2.51. The number of benzene rings is 2. The average Bonchev–Trinajstić information content (AvgIpc) is 3.13. The molecule has 1 aromatic heterocycles. The first-order valence-electron chi connectivity index (χ1n) is 9.78. The smallest absolute Gasteiger partial charge is 0.322 e. The van der Waals surface area contributed by atoms with Gasteiger partial charge in [0.05, 0.1) is 0 Å². The molecule has 0 radical (unpaired) electrons. The highest BCUT2D eigenvalue weighted by Crippen LogP contribution is 2.32. The van der Waals surface area contributed by atoms with E-state index in [-0.39, 0.29) is 30.3 Å². The molecule has 3 rings (SSSR count). The van der Waals surface area contributed by atoms with Gasteiger partial charge in [-0.15, -0.1) is 5.10 Å². The minimum atomic E-state index is -1.05. The number of nitrogens with zero attached hydrogens (tertiary/aromatic N) is 2. The van der Waals surface area contributed by atoms with E-state index in [1.54, 1.807) is 0 Å². The van der Waals surface area contributed by atoms with E-state index >= 15 is 0 Å². The molecule has 0 spiro atoms. The number of ether oxygens (including phenoxy) is 1. The van der Waals surface area contributed by atoms with Crippen molar-refractivity contribution in [3.63, 3.8) is 0 Å². The largest absolute Gasteiger partial charge is 0.484 e. The number of aromatic nitrogens is 2. The van der Waals surface area contributed by atoms with Crippen molar-refractivity contribution in [2.24, 2.45) is 0 Å². The van der Waals surface area contributed by atoms with Gasteiger partial charge in [-0.3, -0.25) is 14.9 Å². The fourth-order valence-corrected chi connectivity index (χ4v) is 3.01. The maximum atomic E-state index is 13.7. The Labute approximate surface area is 183 Å². The fraction of sp³-hybridized carbons (Fsp3) is 0.273. The third kappa shape index (κ3) is 5.26. The first kappa shape index (κ1) is 22.9. The number of carbonyl (C=O) groups excluding carboxylic acids is 2. The average molecular weight is 444 g/mol. The SMILES string of the molecule is CC(=O)Nc1cc(C)c(OCc2nnc(NC(=O)c3c(F)cccc3F)o2)cc1C(C)C. The first-order chi connectivity index (χ1) is 15.2. The van der Waals surface area contributed by atoms with Crippen LogP contribution in [0, 0.1) is 18.6 Å². The minimum absolute atomic E-state index is 0.0470. The molecule has 8 nitrogen and oxygen atoms in total. The van der Waals surface area contributed by atoms with Crippen LogP contribution in [0.15, 0.2) is 34.7 Å². The van der Waals surface area contributed by atoms with Crippen LogP contribution in [0.1, 0.15) is 54.1 Å². The number of hydrogen-bond donors (Lipinski definition) is 2. The zero-order valence-corrected chi connectivity index (χ0v) is 18.0. The molecule has 1 heterocycles. The van der Waals surface area contributed by atoms with E-state index < -0.39 is 23.1 Å². The normalized spacial score (nSPS) is 10.8. The minimum Gasteiger partial charge on any atom is -0.484 e. The number of amides is 2. The number of anilines is 2. The van der Waals surface area contributed by atoms with Gasteiger partial charge in [0.1, 0.15) is 22.9 Å². The van der Waals surface area contributed by atoms with Crippen molar-refractivity contribution in [1.29, 1.82) is 0 Å². The van der Waals surface area contributed by atoms with Crippen LogP contribution in [-0.2, 0) is 11.4 Å². The Bertz CT molecular complexity index is 1140. The van der Waals surface area contributed by atoms with Gasteiger partial charge in [-0.1, -0.05) is 25.0 Å². The van der Waals surface area contributed by atoms with Gasteiger partial charge < -0.3 is 14.5 Å². The predicted molar refractivity (Wildman–Crippen MR) is 113 cm³/mol. The lowest BCUT2D eigenvalue weighted by atomic mass is 9.98. The summed E-state index contributed by atoms with van der Waals surface area (Å²) in [6, 6.07) is 6.40. The Morgan fingerprint density at radius 1 is 1.12 bits per heavy atom. The molecule has 2 aromatic carbocycles. The van der Waals surface area contributed by atoms with Gasteiger partial charge in [0.2, 0.25) is 5.91 Å². The first-order valence-corrected chi connectivity index (χ1v) is 9.78. The van der Waals surface area contributed by atoms with E-state index in [9.17, 15) is 18.4 Å². The van der Waals surface area contributed by atoms with Crippen LogP contribution < -0.4 is 15.4 Å². The highest BCUT2D eigenvalue weighted by molar-refractivity contribution is 6.03. The van der Waals surface area contributed by atoms with Crippen LogP contribution in [0.3, 0.4) is 0 Å². The highest BCUT2D eigenvalue weighted by atomic mass is 19.1. The van der Waals surface area contributed by atoms with Crippen molar-refractivity contribution in [3.8, 4) is 5.75 Å². The van der Waals surface area contributed by atoms with E-state index in [0.29, 0.717) is 11.4 Å². The quantitative estimate of drug-likeness (QED) is 0.553. The maximum Gasteiger partial charge on any atom is 0.322 e. The Morgan fingerprint density at radius 3 is 2.44 bits per heavy atom. The van der Waals surface area contributed by atoms with Crippen molar-refractivity contribution < 1.29 is 27.5 Å². The van der Waals surface area contributed by atoms with Crippen molar-refractivity contribution in [2.45, 2.75) is 40.2 Å². The second-order valence-electron chi connectivity index (χ2n) is 7.38. The lowest BCUT2D eigenvalue weighted by molar-refractivity contribution is -0.114. The molecule has 10 heteroatoms. The third-order valence-electron chi connectivity index (χ3n) is 4.51. The third-order valence-corrected chi connectivity index (χ3v) is 4.51. The number of carbonyl (C=O) groups is 2. The Balaban J connectivity index is 1.70. The summed E-state index contributed by atoms with van der Waals surface area (Å²) < 4.78 is 38.5. The molecule has 168 valence electrons. The summed E-state index contributed by atoms with van der Waals surface area (Å²) in [7, 11) is 0. The van der Waals surface area contributed by atoms with E-state index in [1.165, 1.54) is 6.92 Å². The number of hydrogen-bond acceptors (Lipinski definition) is 6. The van der Waals surface area contributed by atoms with Gasteiger partial charge in [0, 0.05) is 12.6 Å². The lowest BCUT2D eigenvalue weighted by Gasteiger charge is -2.17. The summed E-state index contributed by atoms with van der Waals surface area (Å²) in [5, 5.41) is 12.4. The molecule has 0 saturated heterocycles. The van der Waals surface area contributed by atoms with Crippen LogP contribution in [0.4, 0.5) is 20.5 Å².